The number of oxazole rings is 1. The van der Waals surface area contributed by atoms with Crippen molar-refractivity contribution >= 4 is 5.91 Å². The van der Waals surface area contributed by atoms with Crippen LogP contribution in [0.15, 0.2) is 59.0 Å². The second kappa shape index (κ2) is 9.92. The van der Waals surface area contributed by atoms with Crippen molar-refractivity contribution in [2.75, 3.05) is 13.1 Å². The van der Waals surface area contributed by atoms with Crippen LogP contribution in [0, 0.1) is 12.8 Å². The Bertz CT molecular complexity index is 995. The molecular formula is C26H31N3O2. The number of piperidine rings is 1. The zero-order valence-corrected chi connectivity index (χ0v) is 18.4. The first kappa shape index (κ1) is 21.3. The molecule has 5 nitrogen and oxygen atoms in total. The van der Waals surface area contributed by atoms with Crippen molar-refractivity contribution in [2.24, 2.45) is 5.92 Å². The topological polar surface area (TPSA) is 58.4 Å². The monoisotopic (exact) mass is 417 g/mol. The van der Waals surface area contributed by atoms with E-state index in [0.29, 0.717) is 19.0 Å². The van der Waals surface area contributed by atoms with Gasteiger partial charge in [-0.3, -0.25) is 9.69 Å². The third-order valence-corrected chi connectivity index (χ3v) is 6.06. The smallest absolute Gasteiger partial charge is 0.226 e. The van der Waals surface area contributed by atoms with Crippen LogP contribution < -0.4 is 5.32 Å². The lowest BCUT2D eigenvalue weighted by atomic mass is 9.97. The highest BCUT2D eigenvalue weighted by Gasteiger charge is 2.27. The number of nitrogens with one attached hydrogen (secondary N) is 1. The Morgan fingerprint density at radius 2 is 1.90 bits per heavy atom. The molecule has 31 heavy (non-hydrogen) atoms. The molecule has 1 amide bonds. The summed E-state index contributed by atoms with van der Waals surface area (Å²) in [7, 11) is 0. The lowest BCUT2D eigenvalue weighted by Gasteiger charge is -2.31. The highest BCUT2D eigenvalue weighted by molar-refractivity contribution is 5.79. The van der Waals surface area contributed by atoms with Gasteiger partial charge in [-0.1, -0.05) is 49.4 Å². The zero-order chi connectivity index (χ0) is 21.6. The Labute approximate surface area is 184 Å². The molecule has 0 radical (unpaired) electrons. The summed E-state index contributed by atoms with van der Waals surface area (Å²) in [6.45, 7) is 7.16. The number of carbonyl (C=O) groups excluding carboxylic acids is 1. The van der Waals surface area contributed by atoms with Gasteiger partial charge < -0.3 is 9.73 Å². The molecule has 1 N–H and O–H groups in total. The number of aryl methyl sites for hydroxylation is 2. The van der Waals surface area contributed by atoms with Crippen LogP contribution in [0.1, 0.15) is 42.3 Å². The van der Waals surface area contributed by atoms with Gasteiger partial charge in [-0.25, -0.2) is 4.98 Å². The molecule has 4 rings (SSSR count). The molecule has 1 aliphatic rings. The Kier molecular flexibility index (Phi) is 6.82. The molecule has 1 aromatic heterocycles. The van der Waals surface area contributed by atoms with Gasteiger partial charge in [-0.15, -0.1) is 0 Å². The molecule has 2 aromatic carbocycles. The minimum absolute atomic E-state index is 0.0192. The van der Waals surface area contributed by atoms with Crippen LogP contribution in [0.3, 0.4) is 0 Å². The van der Waals surface area contributed by atoms with Crippen LogP contribution in [0.25, 0.3) is 11.5 Å². The Morgan fingerprint density at radius 3 is 2.65 bits per heavy atom. The van der Waals surface area contributed by atoms with Crippen molar-refractivity contribution in [3.63, 3.8) is 0 Å². The Balaban J connectivity index is 1.35. The van der Waals surface area contributed by atoms with E-state index in [1.165, 1.54) is 5.56 Å². The van der Waals surface area contributed by atoms with Crippen LogP contribution in [-0.4, -0.2) is 28.9 Å². The minimum atomic E-state index is 0.0192. The number of carbonyl (C=O) groups is 1. The molecule has 0 spiro atoms. The Hall–Kier alpha value is -2.92. The van der Waals surface area contributed by atoms with Crippen LogP contribution in [0.4, 0.5) is 0 Å². The minimum Gasteiger partial charge on any atom is -0.441 e. The standard InChI is InChI=1S/C26H31N3O2/c1-3-20-11-13-22(14-12-20)26-28-24(19(2)31-26)18-29-15-7-10-23(17-29)25(30)27-16-21-8-5-4-6-9-21/h4-6,8-9,11-14,23H,3,7,10,15-18H2,1-2H3,(H,27,30). The van der Waals surface area contributed by atoms with E-state index < -0.39 is 0 Å². The molecule has 2 heterocycles. The molecule has 1 saturated heterocycles. The SMILES string of the molecule is CCc1ccc(-c2nc(CN3CCCC(C(=O)NCc4ccccc4)C3)c(C)o2)cc1. The molecule has 0 bridgehead atoms. The second-order valence-electron chi connectivity index (χ2n) is 8.35. The van der Waals surface area contributed by atoms with Crippen molar-refractivity contribution in [1.29, 1.82) is 0 Å². The van der Waals surface area contributed by atoms with Gasteiger partial charge in [0.2, 0.25) is 11.8 Å². The van der Waals surface area contributed by atoms with E-state index in [4.69, 9.17) is 9.40 Å². The van der Waals surface area contributed by atoms with E-state index >= 15 is 0 Å². The fourth-order valence-corrected chi connectivity index (χ4v) is 4.14. The highest BCUT2D eigenvalue weighted by Crippen LogP contribution is 2.25. The summed E-state index contributed by atoms with van der Waals surface area (Å²) in [5.74, 6) is 1.68. The predicted octanol–water partition coefficient (Wildman–Crippen LogP) is 4.74. The van der Waals surface area contributed by atoms with Crippen LogP contribution >= 0.6 is 0 Å². The molecule has 1 atom stereocenters. The van der Waals surface area contributed by atoms with Crippen molar-refractivity contribution in [3.05, 3.63) is 77.2 Å². The number of hydrogen-bond donors (Lipinski definition) is 1. The summed E-state index contributed by atoms with van der Waals surface area (Å²) in [5.41, 5.74) is 4.39. The van der Waals surface area contributed by atoms with Crippen LogP contribution in [0.2, 0.25) is 0 Å². The molecule has 0 aliphatic carbocycles. The maximum atomic E-state index is 12.7. The number of benzene rings is 2. The van der Waals surface area contributed by atoms with Crippen molar-refractivity contribution < 1.29 is 9.21 Å². The summed E-state index contributed by atoms with van der Waals surface area (Å²) in [4.78, 5) is 19.8. The molecule has 162 valence electrons. The summed E-state index contributed by atoms with van der Waals surface area (Å²) < 4.78 is 5.96. The lowest BCUT2D eigenvalue weighted by molar-refractivity contribution is -0.127. The van der Waals surface area contributed by atoms with E-state index in [2.05, 4.69) is 41.4 Å². The van der Waals surface area contributed by atoms with Crippen molar-refractivity contribution in [2.45, 2.75) is 46.2 Å². The first-order valence-corrected chi connectivity index (χ1v) is 11.2. The fourth-order valence-electron chi connectivity index (χ4n) is 4.14. The first-order chi connectivity index (χ1) is 15.1. The summed E-state index contributed by atoms with van der Waals surface area (Å²) in [6.07, 6.45) is 2.97. The Morgan fingerprint density at radius 1 is 1.13 bits per heavy atom. The maximum Gasteiger partial charge on any atom is 0.226 e. The van der Waals surface area contributed by atoms with E-state index in [1.807, 2.05) is 37.3 Å². The summed E-state index contributed by atoms with van der Waals surface area (Å²) in [5, 5.41) is 3.10. The average Bonchev–Trinajstić information content (AvgIpc) is 3.18. The largest absolute Gasteiger partial charge is 0.441 e. The molecular weight excluding hydrogens is 386 g/mol. The lowest BCUT2D eigenvalue weighted by Crippen LogP contribution is -2.42. The zero-order valence-electron chi connectivity index (χ0n) is 18.4. The first-order valence-electron chi connectivity index (χ1n) is 11.2. The second-order valence-corrected chi connectivity index (χ2v) is 8.35. The molecule has 0 saturated carbocycles. The van der Waals surface area contributed by atoms with Gasteiger partial charge in [0.15, 0.2) is 0 Å². The van der Waals surface area contributed by atoms with Gasteiger partial charge in [0, 0.05) is 25.2 Å². The number of amides is 1. The number of likely N-dealkylation sites (tertiary alicyclic amines) is 1. The van der Waals surface area contributed by atoms with E-state index in [1.54, 1.807) is 0 Å². The predicted molar refractivity (Wildman–Crippen MR) is 122 cm³/mol. The molecule has 1 unspecified atom stereocenters. The highest BCUT2D eigenvalue weighted by atomic mass is 16.4. The van der Waals surface area contributed by atoms with Crippen LogP contribution in [-0.2, 0) is 24.3 Å². The van der Waals surface area contributed by atoms with Gasteiger partial charge in [0.1, 0.15) is 5.76 Å². The number of aromatic nitrogens is 1. The van der Waals surface area contributed by atoms with E-state index in [-0.39, 0.29) is 11.8 Å². The molecule has 5 heteroatoms. The number of rotatable bonds is 7. The molecule has 1 aliphatic heterocycles. The summed E-state index contributed by atoms with van der Waals surface area (Å²) >= 11 is 0. The van der Waals surface area contributed by atoms with Crippen molar-refractivity contribution in [1.82, 2.24) is 15.2 Å². The number of hydrogen-bond acceptors (Lipinski definition) is 4. The van der Waals surface area contributed by atoms with Gasteiger partial charge in [-0.2, -0.15) is 0 Å². The quantitative estimate of drug-likeness (QED) is 0.603. The average molecular weight is 418 g/mol. The van der Waals surface area contributed by atoms with Gasteiger partial charge in [0.25, 0.3) is 0 Å². The molecule has 1 fully saturated rings. The molecule has 3 aromatic rings. The van der Waals surface area contributed by atoms with Gasteiger partial charge in [0.05, 0.1) is 11.6 Å². The fraction of sp³-hybridized carbons (Fsp3) is 0.385. The maximum absolute atomic E-state index is 12.7. The van der Waals surface area contributed by atoms with E-state index in [0.717, 1.165) is 54.9 Å². The summed E-state index contributed by atoms with van der Waals surface area (Å²) in [6, 6.07) is 18.4. The third kappa shape index (κ3) is 5.42. The van der Waals surface area contributed by atoms with Crippen molar-refractivity contribution in [3.8, 4) is 11.5 Å². The van der Waals surface area contributed by atoms with E-state index in [9.17, 15) is 4.79 Å². The third-order valence-electron chi connectivity index (χ3n) is 6.06. The normalized spacial score (nSPS) is 16.9. The van der Waals surface area contributed by atoms with Crippen LogP contribution in [0.5, 0.6) is 0 Å². The van der Waals surface area contributed by atoms with Gasteiger partial charge in [-0.05, 0) is 56.0 Å². The van der Waals surface area contributed by atoms with Gasteiger partial charge >= 0.3 is 0 Å². The number of nitrogens with zero attached hydrogens (tertiary/aromatic N) is 2.